The zero-order valence-electron chi connectivity index (χ0n) is 13.7. The lowest BCUT2D eigenvalue weighted by Gasteiger charge is -2.08. The Hall–Kier alpha value is -1.44. The van der Waals surface area contributed by atoms with Gasteiger partial charge in [-0.05, 0) is 42.8 Å². The van der Waals surface area contributed by atoms with Gasteiger partial charge in [-0.2, -0.15) is 11.8 Å². The SMILES string of the molecule is CCCCOc1ccc(S(=O)(=O)NCCSCc2ccco2)cc1. The molecule has 1 aromatic heterocycles. The lowest BCUT2D eigenvalue weighted by Crippen LogP contribution is -2.26. The van der Waals surface area contributed by atoms with Crippen LogP contribution in [0.25, 0.3) is 0 Å². The highest BCUT2D eigenvalue weighted by atomic mass is 32.2. The summed E-state index contributed by atoms with van der Waals surface area (Å²) in [5, 5.41) is 0. The molecule has 0 amide bonds. The number of thioether (sulfide) groups is 1. The van der Waals surface area contributed by atoms with Gasteiger partial charge >= 0.3 is 0 Å². The molecule has 1 N–H and O–H groups in total. The molecule has 0 atom stereocenters. The van der Waals surface area contributed by atoms with Crippen molar-refractivity contribution in [2.45, 2.75) is 30.4 Å². The van der Waals surface area contributed by atoms with Gasteiger partial charge in [-0.25, -0.2) is 13.1 Å². The van der Waals surface area contributed by atoms with Crippen molar-refractivity contribution in [1.29, 1.82) is 0 Å². The molecule has 0 aliphatic heterocycles. The largest absolute Gasteiger partial charge is 0.494 e. The summed E-state index contributed by atoms with van der Waals surface area (Å²) in [7, 11) is -3.48. The first-order chi connectivity index (χ1) is 11.6. The summed E-state index contributed by atoms with van der Waals surface area (Å²) < 4.78 is 37.8. The molecule has 24 heavy (non-hydrogen) atoms. The Morgan fingerprint density at radius 1 is 1.21 bits per heavy atom. The van der Waals surface area contributed by atoms with Gasteiger partial charge in [0.2, 0.25) is 10.0 Å². The maximum absolute atomic E-state index is 12.2. The zero-order chi connectivity index (χ0) is 17.3. The van der Waals surface area contributed by atoms with Crippen LogP contribution in [0.4, 0.5) is 0 Å². The van der Waals surface area contributed by atoms with Gasteiger partial charge in [0.1, 0.15) is 11.5 Å². The highest BCUT2D eigenvalue weighted by Gasteiger charge is 2.13. The van der Waals surface area contributed by atoms with Crippen LogP contribution in [-0.4, -0.2) is 27.3 Å². The van der Waals surface area contributed by atoms with E-state index in [4.69, 9.17) is 9.15 Å². The summed E-state index contributed by atoms with van der Waals surface area (Å²) in [5.74, 6) is 2.99. The van der Waals surface area contributed by atoms with Crippen LogP contribution in [0, 0.1) is 0 Å². The standard InChI is InChI=1S/C17H23NO4S2/c1-2-3-11-21-15-6-8-17(9-7-15)24(19,20)18-10-13-23-14-16-5-4-12-22-16/h4-9,12,18H,2-3,10-11,13-14H2,1H3. The topological polar surface area (TPSA) is 68.5 Å². The minimum atomic E-state index is -3.48. The number of nitrogens with one attached hydrogen (secondary N) is 1. The molecule has 1 aromatic carbocycles. The van der Waals surface area contributed by atoms with Crippen molar-refractivity contribution in [2.75, 3.05) is 18.9 Å². The molecule has 0 unspecified atom stereocenters. The summed E-state index contributed by atoms with van der Waals surface area (Å²) in [5.41, 5.74) is 0. The minimum Gasteiger partial charge on any atom is -0.494 e. The predicted octanol–water partition coefficient (Wildman–Crippen LogP) is 3.67. The third-order valence-electron chi connectivity index (χ3n) is 3.26. The molecule has 2 rings (SSSR count). The van der Waals surface area contributed by atoms with Gasteiger partial charge in [0.15, 0.2) is 0 Å². The van der Waals surface area contributed by atoms with Crippen LogP contribution in [-0.2, 0) is 15.8 Å². The molecule has 0 aliphatic carbocycles. The second kappa shape index (κ2) is 9.76. The first kappa shape index (κ1) is 18.9. The fraction of sp³-hybridized carbons (Fsp3) is 0.412. The van der Waals surface area contributed by atoms with E-state index in [-0.39, 0.29) is 4.90 Å². The number of unbranched alkanes of at least 4 members (excludes halogenated alkanes) is 1. The number of hydrogen-bond donors (Lipinski definition) is 1. The van der Waals surface area contributed by atoms with Crippen molar-refractivity contribution in [2.24, 2.45) is 0 Å². The van der Waals surface area contributed by atoms with Gasteiger partial charge in [-0.3, -0.25) is 0 Å². The number of sulfonamides is 1. The third-order valence-corrected chi connectivity index (χ3v) is 5.72. The second-order valence-corrected chi connectivity index (χ2v) is 8.08. The number of rotatable bonds is 11. The Morgan fingerprint density at radius 3 is 2.67 bits per heavy atom. The Balaban J connectivity index is 1.75. The molecule has 132 valence electrons. The maximum Gasteiger partial charge on any atom is 0.240 e. The normalized spacial score (nSPS) is 11.5. The average Bonchev–Trinajstić information content (AvgIpc) is 3.09. The molecule has 7 heteroatoms. The molecule has 0 bridgehead atoms. The molecule has 0 spiro atoms. The molecular weight excluding hydrogens is 346 g/mol. The lowest BCUT2D eigenvalue weighted by molar-refractivity contribution is 0.309. The van der Waals surface area contributed by atoms with E-state index in [1.165, 1.54) is 0 Å². The number of benzene rings is 1. The van der Waals surface area contributed by atoms with Crippen molar-refractivity contribution in [3.63, 3.8) is 0 Å². The monoisotopic (exact) mass is 369 g/mol. The van der Waals surface area contributed by atoms with Crippen molar-refractivity contribution in [3.8, 4) is 5.75 Å². The molecule has 0 fully saturated rings. The molecular formula is C17H23NO4S2. The fourth-order valence-corrected chi connectivity index (χ4v) is 3.87. The van der Waals surface area contributed by atoms with Gasteiger partial charge in [0.25, 0.3) is 0 Å². The van der Waals surface area contributed by atoms with E-state index in [0.29, 0.717) is 24.7 Å². The van der Waals surface area contributed by atoms with Crippen molar-refractivity contribution >= 4 is 21.8 Å². The first-order valence-corrected chi connectivity index (χ1v) is 10.6. The number of hydrogen-bond acceptors (Lipinski definition) is 5. The molecule has 5 nitrogen and oxygen atoms in total. The Labute approximate surface area is 147 Å². The van der Waals surface area contributed by atoms with E-state index in [2.05, 4.69) is 11.6 Å². The van der Waals surface area contributed by atoms with Crippen molar-refractivity contribution < 1.29 is 17.6 Å². The third kappa shape index (κ3) is 6.22. The molecule has 0 radical (unpaired) electrons. The molecule has 0 saturated heterocycles. The van der Waals surface area contributed by atoms with E-state index in [0.717, 1.165) is 24.4 Å². The van der Waals surface area contributed by atoms with Gasteiger partial charge in [0.05, 0.1) is 23.5 Å². The van der Waals surface area contributed by atoms with Crippen LogP contribution in [0.15, 0.2) is 52.0 Å². The Kier molecular flexibility index (Phi) is 7.68. The lowest BCUT2D eigenvalue weighted by atomic mass is 10.3. The van der Waals surface area contributed by atoms with Gasteiger partial charge in [-0.15, -0.1) is 0 Å². The van der Waals surface area contributed by atoms with Crippen LogP contribution >= 0.6 is 11.8 Å². The maximum atomic E-state index is 12.2. The van der Waals surface area contributed by atoms with Gasteiger partial charge in [0, 0.05) is 12.3 Å². The summed E-state index contributed by atoms with van der Waals surface area (Å²) in [6, 6.07) is 10.3. The molecule has 2 aromatic rings. The zero-order valence-corrected chi connectivity index (χ0v) is 15.4. The van der Waals surface area contributed by atoms with Crippen LogP contribution in [0.3, 0.4) is 0 Å². The van der Waals surface area contributed by atoms with Gasteiger partial charge < -0.3 is 9.15 Å². The number of ether oxygens (including phenoxy) is 1. The summed E-state index contributed by atoms with van der Waals surface area (Å²) >= 11 is 1.62. The predicted molar refractivity (Wildman–Crippen MR) is 96.9 cm³/mol. The van der Waals surface area contributed by atoms with E-state index in [9.17, 15) is 8.42 Å². The van der Waals surface area contributed by atoms with E-state index < -0.39 is 10.0 Å². The van der Waals surface area contributed by atoms with Crippen molar-refractivity contribution in [1.82, 2.24) is 4.72 Å². The minimum absolute atomic E-state index is 0.251. The molecule has 0 saturated carbocycles. The van der Waals surface area contributed by atoms with Crippen molar-refractivity contribution in [3.05, 3.63) is 48.4 Å². The van der Waals surface area contributed by atoms with Crippen LogP contribution in [0.2, 0.25) is 0 Å². The van der Waals surface area contributed by atoms with Gasteiger partial charge in [-0.1, -0.05) is 13.3 Å². The first-order valence-electron chi connectivity index (χ1n) is 7.94. The van der Waals surface area contributed by atoms with E-state index in [1.807, 2.05) is 12.1 Å². The fourth-order valence-electron chi connectivity index (χ4n) is 1.95. The van der Waals surface area contributed by atoms with Crippen LogP contribution < -0.4 is 9.46 Å². The molecule has 0 aliphatic rings. The number of furan rings is 1. The summed E-state index contributed by atoms with van der Waals surface area (Å²) in [6.07, 6.45) is 3.68. The average molecular weight is 370 g/mol. The van der Waals surface area contributed by atoms with Crippen LogP contribution in [0.1, 0.15) is 25.5 Å². The summed E-state index contributed by atoms with van der Waals surface area (Å²) in [6.45, 7) is 3.12. The highest BCUT2D eigenvalue weighted by molar-refractivity contribution is 7.98. The smallest absolute Gasteiger partial charge is 0.240 e. The Bertz CT molecular complexity index is 682. The van der Waals surface area contributed by atoms with E-state index >= 15 is 0 Å². The second-order valence-electron chi connectivity index (χ2n) is 5.20. The van der Waals surface area contributed by atoms with Crippen LogP contribution in [0.5, 0.6) is 5.75 Å². The molecule has 1 heterocycles. The summed E-state index contributed by atoms with van der Waals surface area (Å²) in [4.78, 5) is 0.251. The quantitative estimate of drug-likeness (QED) is 0.612. The van der Waals surface area contributed by atoms with E-state index in [1.54, 1.807) is 42.3 Å². The highest BCUT2D eigenvalue weighted by Crippen LogP contribution is 2.16. The Morgan fingerprint density at radius 2 is 2.00 bits per heavy atom.